The molecule has 0 aromatic heterocycles. The Bertz CT molecular complexity index is 1550. The van der Waals surface area contributed by atoms with Crippen molar-refractivity contribution in [3.8, 4) is 0 Å². The van der Waals surface area contributed by atoms with E-state index in [4.69, 9.17) is 24.4 Å². The summed E-state index contributed by atoms with van der Waals surface area (Å²) in [6, 6.07) is 36.2. The Morgan fingerprint density at radius 2 is 0.936 bits per heavy atom. The van der Waals surface area contributed by atoms with E-state index in [2.05, 4.69) is 141 Å². The van der Waals surface area contributed by atoms with Crippen molar-refractivity contribution in [1.82, 2.24) is 9.80 Å². The van der Waals surface area contributed by atoms with E-state index in [-0.39, 0.29) is 5.92 Å². The van der Waals surface area contributed by atoms with Gasteiger partial charge in [-0.25, -0.2) is 0 Å². The third-order valence-corrected chi connectivity index (χ3v) is 11.8. The number of thiocarbonyl (C=S) groups is 2. The van der Waals surface area contributed by atoms with Gasteiger partial charge in [0, 0.05) is 43.6 Å². The van der Waals surface area contributed by atoms with Crippen LogP contribution in [0.3, 0.4) is 0 Å². The van der Waals surface area contributed by atoms with Crippen LogP contribution >= 0.6 is 48.0 Å². The molecule has 6 heteroatoms. The van der Waals surface area contributed by atoms with E-state index in [1.807, 2.05) is 6.08 Å². The lowest BCUT2D eigenvalue weighted by Gasteiger charge is -2.21. The van der Waals surface area contributed by atoms with Crippen LogP contribution in [0.2, 0.25) is 0 Å². The highest BCUT2D eigenvalue weighted by Crippen LogP contribution is 2.31. The predicted octanol–water partition coefficient (Wildman–Crippen LogP) is 11.0. The average Bonchev–Trinajstić information content (AvgIpc) is 3.11. The van der Waals surface area contributed by atoms with E-state index in [0.717, 1.165) is 64.7 Å². The lowest BCUT2D eigenvalue weighted by atomic mass is 9.85. The largest absolute Gasteiger partial charge is 0.358 e. The lowest BCUT2D eigenvalue weighted by molar-refractivity contribution is 0.482. The van der Waals surface area contributed by atoms with Crippen molar-refractivity contribution in [2.24, 2.45) is 0 Å². The van der Waals surface area contributed by atoms with E-state index in [9.17, 15) is 0 Å². The van der Waals surface area contributed by atoms with Crippen LogP contribution in [0.4, 0.5) is 0 Å². The minimum atomic E-state index is 0.260. The first-order valence-corrected chi connectivity index (χ1v) is 19.5. The van der Waals surface area contributed by atoms with Crippen molar-refractivity contribution in [2.75, 3.05) is 26.2 Å². The molecule has 0 bridgehead atoms. The van der Waals surface area contributed by atoms with Gasteiger partial charge < -0.3 is 9.80 Å². The molecule has 0 amide bonds. The molecule has 0 saturated heterocycles. The standard InChI is InChI=1S/C41H48N2S4/c1-6-31-11-13-34(14-12-31)28-39(38-25-21-36(22-26-38)30-47-41(45)43(9-4)10-5)37-23-19-33(20-24-37)27-32-15-17-35(18-16-32)29-46-40(44)42(7-2)8-3/h6,11-26,39H,1,7-10,27-30H2,2-5H3. The summed E-state index contributed by atoms with van der Waals surface area (Å²) in [5.41, 5.74) is 10.4. The second kappa shape index (κ2) is 19.2. The molecule has 2 nitrogen and oxygen atoms in total. The molecule has 0 saturated carbocycles. The van der Waals surface area contributed by atoms with Crippen molar-refractivity contribution in [2.45, 2.75) is 58.0 Å². The Morgan fingerprint density at radius 1 is 0.574 bits per heavy atom. The Labute approximate surface area is 303 Å². The summed E-state index contributed by atoms with van der Waals surface area (Å²) >= 11 is 14.8. The number of hydrogen-bond donors (Lipinski definition) is 0. The maximum atomic E-state index is 5.66. The van der Waals surface area contributed by atoms with E-state index >= 15 is 0 Å². The Hall–Kier alpha value is -2.90. The molecule has 47 heavy (non-hydrogen) atoms. The van der Waals surface area contributed by atoms with Crippen LogP contribution < -0.4 is 0 Å². The van der Waals surface area contributed by atoms with Crippen LogP contribution in [0.25, 0.3) is 6.08 Å². The zero-order valence-electron chi connectivity index (χ0n) is 28.3. The number of benzene rings is 4. The molecule has 4 aromatic rings. The van der Waals surface area contributed by atoms with Gasteiger partial charge in [0.1, 0.15) is 8.64 Å². The zero-order chi connectivity index (χ0) is 33.6. The van der Waals surface area contributed by atoms with Crippen LogP contribution in [0, 0.1) is 0 Å². The van der Waals surface area contributed by atoms with E-state index in [1.54, 1.807) is 23.5 Å². The first kappa shape index (κ1) is 36.9. The van der Waals surface area contributed by atoms with Gasteiger partial charge in [0.15, 0.2) is 0 Å². The summed E-state index contributed by atoms with van der Waals surface area (Å²) in [7, 11) is 0. The maximum Gasteiger partial charge on any atom is 0.136 e. The van der Waals surface area contributed by atoms with Gasteiger partial charge in [0.2, 0.25) is 0 Å². The summed E-state index contributed by atoms with van der Waals surface area (Å²) in [5, 5.41) is 0. The first-order chi connectivity index (χ1) is 22.9. The van der Waals surface area contributed by atoms with Gasteiger partial charge in [-0.15, -0.1) is 0 Å². The topological polar surface area (TPSA) is 6.48 Å². The van der Waals surface area contributed by atoms with Gasteiger partial charge in [-0.05, 0) is 85.0 Å². The van der Waals surface area contributed by atoms with Gasteiger partial charge in [-0.1, -0.05) is 158 Å². The summed E-state index contributed by atoms with van der Waals surface area (Å²) in [6.07, 6.45) is 3.76. The van der Waals surface area contributed by atoms with Gasteiger partial charge >= 0.3 is 0 Å². The van der Waals surface area contributed by atoms with Crippen LogP contribution in [0.1, 0.15) is 78.1 Å². The molecule has 4 rings (SSSR count). The smallest absolute Gasteiger partial charge is 0.136 e. The van der Waals surface area contributed by atoms with Gasteiger partial charge in [-0.3, -0.25) is 0 Å². The van der Waals surface area contributed by atoms with Crippen LogP contribution in [-0.2, 0) is 24.3 Å². The van der Waals surface area contributed by atoms with Gasteiger partial charge in [0.05, 0.1) is 0 Å². The molecule has 0 aliphatic rings. The molecule has 0 aliphatic heterocycles. The maximum absolute atomic E-state index is 5.66. The normalized spacial score (nSPS) is 11.6. The molecular weight excluding hydrogens is 649 g/mol. The summed E-state index contributed by atoms with van der Waals surface area (Å²) in [4.78, 5) is 4.48. The van der Waals surface area contributed by atoms with E-state index < -0.39 is 0 Å². The predicted molar refractivity (Wildman–Crippen MR) is 218 cm³/mol. The number of thioether (sulfide) groups is 2. The summed E-state index contributed by atoms with van der Waals surface area (Å²) < 4.78 is 1.96. The molecule has 0 heterocycles. The fraction of sp³-hybridized carbons (Fsp3) is 0.317. The molecule has 0 fully saturated rings. The molecule has 246 valence electrons. The van der Waals surface area contributed by atoms with E-state index in [1.165, 1.54) is 38.9 Å². The third kappa shape index (κ3) is 11.1. The average molecular weight is 697 g/mol. The molecule has 1 atom stereocenters. The van der Waals surface area contributed by atoms with E-state index in [0.29, 0.717) is 0 Å². The van der Waals surface area contributed by atoms with Gasteiger partial charge in [0.25, 0.3) is 0 Å². The van der Waals surface area contributed by atoms with Crippen LogP contribution in [0.15, 0.2) is 104 Å². The summed E-state index contributed by atoms with van der Waals surface area (Å²) in [5.74, 6) is 2.06. The monoisotopic (exact) mass is 696 g/mol. The Kier molecular flexibility index (Phi) is 15.1. The first-order valence-electron chi connectivity index (χ1n) is 16.7. The summed E-state index contributed by atoms with van der Waals surface area (Å²) in [6.45, 7) is 16.4. The molecule has 1 unspecified atom stereocenters. The highest BCUT2D eigenvalue weighted by atomic mass is 32.2. The highest BCUT2D eigenvalue weighted by Gasteiger charge is 2.16. The molecule has 4 aromatic carbocycles. The fourth-order valence-corrected chi connectivity index (χ4v) is 8.31. The van der Waals surface area contributed by atoms with Crippen molar-refractivity contribution in [3.05, 3.63) is 148 Å². The fourth-order valence-electron chi connectivity index (χ4n) is 5.59. The van der Waals surface area contributed by atoms with Crippen LogP contribution in [-0.4, -0.2) is 44.6 Å². The molecule has 0 N–H and O–H groups in total. The molecular formula is C41H48N2S4. The second-order valence-electron chi connectivity index (χ2n) is 11.6. The zero-order valence-corrected chi connectivity index (χ0v) is 31.5. The number of rotatable bonds is 15. The minimum Gasteiger partial charge on any atom is -0.358 e. The quantitative estimate of drug-likeness (QED) is 0.113. The highest BCUT2D eigenvalue weighted by molar-refractivity contribution is 8.22. The van der Waals surface area contributed by atoms with Gasteiger partial charge in [-0.2, -0.15) is 0 Å². The number of nitrogens with zero attached hydrogens (tertiary/aromatic N) is 2. The Morgan fingerprint density at radius 3 is 1.34 bits per heavy atom. The Balaban J connectivity index is 1.45. The molecule has 0 aliphatic carbocycles. The molecule has 0 spiro atoms. The lowest BCUT2D eigenvalue weighted by Crippen LogP contribution is -2.26. The minimum absolute atomic E-state index is 0.260. The van der Waals surface area contributed by atoms with Crippen LogP contribution in [0.5, 0.6) is 0 Å². The second-order valence-corrected chi connectivity index (χ2v) is 14.9. The van der Waals surface area contributed by atoms with Crippen molar-refractivity contribution < 1.29 is 0 Å². The number of hydrogen-bond acceptors (Lipinski definition) is 4. The van der Waals surface area contributed by atoms with Crippen molar-refractivity contribution in [1.29, 1.82) is 0 Å². The molecule has 0 radical (unpaired) electrons. The van der Waals surface area contributed by atoms with Crippen molar-refractivity contribution >= 4 is 62.7 Å². The van der Waals surface area contributed by atoms with Crippen molar-refractivity contribution in [3.63, 3.8) is 0 Å². The third-order valence-electron chi connectivity index (χ3n) is 8.62. The SMILES string of the molecule is C=Cc1ccc(CC(c2ccc(CSC(=S)N(CC)CC)cc2)c2ccc(Cc3ccc(CSC(=S)N(CC)CC)cc3)cc2)cc1.